The number of halogens is 1. The molecule has 0 radical (unpaired) electrons. The topological polar surface area (TPSA) is 32.3 Å². The molecule has 2 rings (SSSR count). The standard InChI is InChI=1S/C14H14FNO/c1-10-2-5-12(15)8-14(10)16-9-11-3-6-13(17)7-4-11/h2-8,16-17H,9H2,1H3. The van der Waals surface area contributed by atoms with E-state index in [1.54, 1.807) is 18.2 Å². The van der Waals surface area contributed by atoms with Gasteiger partial charge in [0.2, 0.25) is 0 Å². The molecule has 2 aromatic rings. The number of nitrogens with one attached hydrogen (secondary N) is 1. The van der Waals surface area contributed by atoms with Crippen LogP contribution in [-0.4, -0.2) is 5.11 Å². The van der Waals surface area contributed by atoms with E-state index in [1.807, 2.05) is 19.1 Å². The van der Waals surface area contributed by atoms with Gasteiger partial charge in [0.05, 0.1) is 0 Å². The molecule has 0 saturated carbocycles. The average Bonchev–Trinajstić information content (AvgIpc) is 2.32. The second-order valence-corrected chi connectivity index (χ2v) is 3.98. The van der Waals surface area contributed by atoms with Crippen molar-refractivity contribution in [1.82, 2.24) is 0 Å². The van der Waals surface area contributed by atoms with Crippen molar-refractivity contribution in [3.05, 3.63) is 59.4 Å². The number of hydrogen-bond acceptors (Lipinski definition) is 2. The first kappa shape index (κ1) is 11.5. The fourth-order valence-electron chi connectivity index (χ4n) is 1.60. The molecule has 0 bridgehead atoms. The zero-order chi connectivity index (χ0) is 12.3. The van der Waals surface area contributed by atoms with Crippen molar-refractivity contribution in [2.24, 2.45) is 0 Å². The second-order valence-electron chi connectivity index (χ2n) is 3.98. The van der Waals surface area contributed by atoms with Gasteiger partial charge in [-0.25, -0.2) is 4.39 Å². The van der Waals surface area contributed by atoms with Gasteiger partial charge in [-0.2, -0.15) is 0 Å². The summed E-state index contributed by atoms with van der Waals surface area (Å²) in [6.07, 6.45) is 0. The van der Waals surface area contributed by atoms with Crippen molar-refractivity contribution in [2.75, 3.05) is 5.32 Å². The quantitative estimate of drug-likeness (QED) is 0.848. The lowest BCUT2D eigenvalue weighted by molar-refractivity contribution is 0.475. The van der Waals surface area contributed by atoms with Gasteiger partial charge in [0.1, 0.15) is 11.6 Å². The maximum Gasteiger partial charge on any atom is 0.125 e. The van der Waals surface area contributed by atoms with Crippen LogP contribution in [0, 0.1) is 12.7 Å². The highest BCUT2D eigenvalue weighted by atomic mass is 19.1. The average molecular weight is 231 g/mol. The zero-order valence-corrected chi connectivity index (χ0v) is 9.57. The van der Waals surface area contributed by atoms with Crippen LogP contribution in [0.2, 0.25) is 0 Å². The molecule has 0 amide bonds. The van der Waals surface area contributed by atoms with Crippen molar-refractivity contribution < 1.29 is 9.50 Å². The van der Waals surface area contributed by atoms with Crippen LogP contribution in [0.25, 0.3) is 0 Å². The molecule has 0 aromatic heterocycles. The van der Waals surface area contributed by atoms with Crippen LogP contribution < -0.4 is 5.32 Å². The Morgan fingerprint density at radius 1 is 1.12 bits per heavy atom. The number of rotatable bonds is 3. The van der Waals surface area contributed by atoms with Crippen LogP contribution in [0.15, 0.2) is 42.5 Å². The molecule has 2 aromatic carbocycles. The van der Waals surface area contributed by atoms with Gasteiger partial charge in [0.25, 0.3) is 0 Å². The molecule has 0 aliphatic carbocycles. The summed E-state index contributed by atoms with van der Waals surface area (Å²) in [6, 6.07) is 11.6. The highest BCUT2D eigenvalue weighted by molar-refractivity contribution is 5.51. The zero-order valence-electron chi connectivity index (χ0n) is 9.57. The van der Waals surface area contributed by atoms with Gasteiger partial charge in [-0.1, -0.05) is 18.2 Å². The molecular formula is C14H14FNO. The van der Waals surface area contributed by atoms with Crippen LogP contribution in [0.1, 0.15) is 11.1 Å². The summed E-state index contributed by atoms with van der Waals surface area (Å²) in [5, 5.41) is 12.3. The third kappa shape index (κ3) is 2.97. The van der Waals surface area contributed by atoms with Gasteiger partial charge in [-0.15, -0.1) is 0 Å². The first-order valence-corrected chi connectivity index (χ1v) is 5.43. The fraction of sp³-hybridized carbons (Fsp3) is 0.143. The Hall–Kier alpha value is -2.03. The van der Waals surface area contributed by atoms with Crippen LogP contribution in [0.5, 0.6) is 5.75 Å². The maximum atomic E-state index is 13.1. The Labute approximate surface area is 99.7 Å². The maximum absolute atomic E-state index is 13.1. The van der Waals surface area contributed by atoms with Crippen LogP contribution >= 0.6 is 0 Å². The van der Waals surface area contributed by atoms with E-state index >= 15 is 0 Å². The number of aromatic hydroxyl groups is 1. The predicted octanol–water partition coefficient (Wildman–Crippen LogP) is 3.45. The summed E-state index contributed by atoms with van der Waals surface area (Å²) >= 11 is 0. The van der Waals surface area contributed by atoms with Gasteiger partial charge in [-0.05, 0) is 42.3 Å². The van der Waals surface area contributed by atoms with E-state index in [9.17, 15) is 4.39 Å². The summed E-state index contributed by atoms with van der Waals surface area (Å²) < 4.78 is 13.1. The van der Waals surface area contributed by atoms with E-state index in [4.69, 9.17) is 5.11 Å². The molecule has 0 aliphatic rings. The molecule has 3 heteroatoms. The van der Waals surface area contributed by atoms with E-state index < -0.39 is 0 Å². The lowest BCUT2D eigenvalue weighted by Crippen LogP contribution is -2.01. The normalized spacial score (nSPS) is 10.2. The third-order valence-corrected chi connectivity index (χ3v) is 2.62. The SMILES string of the molecule is Cc1ccc(F)cc1NCc1ccc(O)cc1. The van der Waals surface area contributed by atoms with Crippen molar-refractivity contribution in [2.45, 2.75) is 13.5 Å². The molecule has 0 saturated heterocycles. The van der Waals surface area contributed by atoms with Crippen molar-refractivity contribution in [3.63, 3.8) is 0 Å². The molecular weight excluding hydrogens is 217 g/mol. The Kier molecular flexibility index (Phi) is 3.28. The number of hydrogen-bond donors (Lipinski definition) is 2. The number of phenols is 1. The number of aryl methyl sites for hydroxylation is 1. The molecule has 2 nitrogen and oxygen atoms in total. The van der Waals surface area contributed by atoms with Crippen LogP contribution in [0.3, 0.4) is 0 Å². The lowest BCUT2D eigenvalue weighted by Gasteiger charge is -2.09. The van der Waals surface area contributed by atoms with Crippen molar-refractivity contribution in [1.29, 1.82) is 0 Å². The Balaban J connectivity index is 2.07. The number of phenolic OH excluding ortho intramolecular Hbond substituents is 1. The molecule has 0 atom stereocenters. The minimum atomic E-state index is -0.246. The fourth-order valence-corrected chi connectivity index (χ4v) is 1.60. The van der Waals surface area contributed by atoms with Crippen LogP contribution in [-0.2, 0) is 6.54 Å². The minimum absolute atomic E-state index is 0.246. The molecule has 0 unspecified atom stereocenters. The summed E-state index contributed by atoms with van der Waals surface area (Å²) in [6.45, 7) is 2.53. The van der Waals surface area contributed by atoms with Gasteiger partial charge < -0.3 is 10.4 Å². The molecule has 88 valence electrons. The van der Waals surface area contributed by atoms with E-state index in [0.717, 1.165) is 16.8 Å². The molecule has 0 heterocycles. The smallest absolute Gasteiger partial charge is 0.125 e. The number of benzene rings is 2. The predicted molar refractivity (Wildman–Crippen MR) is 66.6 cm³/mol. The van der Waals surface area contributed by atoms with E-state index in [-0.39, 0.29) is 11.6 Å². The third-order valence-electron chi connectivity index (χ3n) is 2.62. The summed E-state index contributed by atoms with van der Waals surface area (Å²) in [7, 11) is 0. The molecule has 0 fully saturated rings. The monoisotopic (exact) mass is 231 g/mol. The second kappa shape index (κ2) is 4.87. The van der Waals surface area contributed by atoms with Gasteiger partial charge in [-0.3, -0.25) is 0 Å². The molecule has 0 aliphatic heterocycles. The van der Waals surface area contributed by atoms with Crippen LogP contribution in [0.4, 0.5) is 10.1 Å². The number of anilines is 1. The van der Waals surface area contributed by atoms with E-state index in [2.05, 4.69) is 5.32 Å². The van der Waals surface area contributed by atoms with Gasteiger partial charge >= 0.3 is 0 Å². The van der Waals surface area contributed by atoms with E-state index in [0.29, 0.717) is 6.54 Å². The Bertz CT molecular complexity index is 508. The largest absolute Gasteiger partial charge is 0.508 e. The molecule has 2 N–H and O–H groups in total. The Morgan fingerprint density at radius 3 is 2.53 bits per heavy atom. The van der Waals surface area contributed by atoms with E-state index in [1.165, 1.54) is 12.1 Å². The highest BCUT2D eigenvalue weighted by Crippen LogP contribution is 2.17. The Morgan fingerprint density at radius 2 is 1.82 bits per heavy atom. The van der Waals surface area contributed by atoms with Gasteiger partial charge in [0, 0.05) is 12.2 Å². The summed E-state index contributed by atoms with van der Waals surface area (Å²) in [5.74, 6) is -0.000470. The first-order chi connectivity index (χ1) is 8.15. The van der Waals surface area contributed by atoms with Gasteiger partial charge in [0.15, 0.2) is 0 Å². The molecule has 17 heavy (non-hydrogen) atoms. The van der Waals surface area contributed by atoms with Crippen molar-refractivity contribution >= 4 is 5.69 Å². The molecule has 0 spiro atoms. The van der Waals surface area contributed by atoms with Crippen molar-refractivity contribution in [3.8, 4) is 5.75 Å². The summed E-state index contributed by atoms with van der Waals surface area (Å²) in [4.78, 5) is 0. The summed E-state index contributed by atoms with van der Waals surface area (Å²) in [5.41, 5.74) is 2.83. The highest BCUT2D eigenvalue weighted by Gasteiger charge is 2.00. The first-order valence-electron chi connectivity index (χ1n) is 5.43. The minimum Gasteiger partial charge on any atom is -0.508 e. The lowest BCUT2D eigenvalue weighted by atomic mass is 10.1.